The van der Waals surface area contributed by atoms with Crippen molar-refractivity contribution in [3.05, 3.63) is 54.1 Å². The van der Waals surface area contributed by atoms with Crippen LogP contribution in [-0.2, 0) is 7.05 Å². The van der Waals surface area contributed by atoms with Crippen molar-refractivity contribution in [2.45, 2.75) is 0 Å². The predicted molar refractivity (Wildman–Crippen MR) is 84.3 cm³/mol. The average Bonchev–Trinajstić information content (AvgIpc) is 2.78. The molecule has 0 radical (unpaired) electrons. The van der Waals surface area contributed by atoms with Crippen LogP contribution in [0.4, 0.5) is 11.4 Å². The Hall–Kier alpha value is -3.15. The van der Waals surface area contributed by atoms with Gasteiger partial charge < -0.3 is 15.4 Å². The topological polar surface area (TPSA) is 93.0 Å². The Balaban J connectivity index is 1.97. The summed E-state index contributed by atoms with van der Waals surface area (Å²) < 4.78 is 1.59. The molecule has 6 heteroatoms. The first-order valence-corrected chi connectivity index (χ1v) is 6.66. The molecule has 0 bridgehead atoms. The van der Waals surface area contributed by atoms with Gasteiger partial charge in [-0.25, -0.2) is 0 Å². The first-order chi connectivity index (χ1) is 10.6. The third kappa shape index (κ3) is 2.31. The molecule has 0 unspecified atom stereocenters. The van der Waals surface area contributed by atoms with E-state index in [0.717, 1.165) is 10.9 Å². The lowest BCUT2D eigenvalue weighted by Crippen LogP contribution is -1.94. The van der Waals surface area contributed by atoms with Gasteiger partial charge in [0.2, 0.25) is 5.88 Å². The van der Waals surface area contributed by atoms with E-state index in [1.54, 1.807) is 35.9 Å². The van der Waals surface area contributed by atoms with E-state index in [1.165, 1.54) is 0 Å². The summed E-state index contributed by atoms with van der Waals surface area (Å²) in [6, 6.07) is 13.8. The van der Waals surface area contributed by atoms with Gasteiger partial charge in [0.05, 0.1) is 5.52 Å². The summed E-state index contributed by atoms with van der Waals surface area (Å²) in [6.07, 6.45) is 0. The zero-order chi connectivity index (χ0) is 15.7. The van der Waals surface area contributed by atoms with Crippen LogP contribution in [0.5, 0.6) is 5.88 Å². The lowest BCUT2D eigenvalue weighted by molar-refractivity contribution is 0.0995. The smallest absolute Gasteiger partial charge is 0.295 e. The number of hydrogen-bond donors (Lipinski definition) is 2. The molecule has 1 heterocycles. The van der Waals surface area contributed by atoms with E-state index in [0.29, 0.717) is 11.3 Å². The van der Waals surface area contributed by atoms with E-state index < -0.39 is 5.91 Å². The average molecular weight is 294 g/mol. The molecular weight excluding hydrogens is 280 g/mol. The molecule has 0 fully saturated rings. The van der Waals surface area contributed by atoms with Gasteiger partial charge in [0.1, 0.15) is 0 Å². The highest BCUT2D eigenvalue weighted by atomic mass is 16.3. The largest absolute Gasteiger partial charge is 0.493 e. The van der Waals surface area contributed by atoms with Crippen LogP contribution in [0.3, 0.4) is 0 Å². The second kappa shape index (κ2) is 5.33. The highest BCUT2D eigenvalue weighted by Crippen LogP contribution is 2.37. The van der Waals surface area contributed by atoms with Crippen LogP contribution in [0.25, 0.3) is 10.9 Å². The summed E-state index contributed by atoms with van der Waals surface area (Å²) in [4.78, 5) is 12.0. The maximum Gasteiger partial charge on any atom is 0.295 e. The summed E-state index contributed by atoms with van der Waals surface area (Å²) in [5.41, 5.74) is 7.63. The second-order valence-electron chi connectivity index (χ2n) is 4.88. The van der Waals surface area contributed by atoms with E-state index in [-0.39, 0.29) is 11.6 Å². The van der Waals surface area contributed by atoms with E-state index >= 15 is 0 Å². The van der Waals surface area contributed by atoms with E-state index in [1.807, 2.05) is 24.3 Å². The van der Waals surface area contributed by atoms with Crippen molar-refractivity contribution >= 4 is 28.2 Å². The number of nitrogen functional groups attached to an aromatic ring is 1. The first-order valence-electron chi connectivity index (χ1n) is 6.66. The number of anilines is 1. The van der Waals surface area contributed by atoms with Crippen molar-refractivity contribution in [1.29, 1.82) is 0 Å². The number of fused-ring (bicyclic) bond motifs is 1. The number of aromatic nitrogens is 1. The lowest BCUT2D eigenvalue weighted by Gasteiger charge is -1.96. The molecule has 0 saturated heterocycles. The minimum atomic E-state index is -0.493. The van der Waals surface area contributed by atoms with E-state index in [4.69, 9.17) is 5.73 Å². The van der Waals surface area contributed by atoms with Gasteiger partial charge in [-0.2, -0.15) is 0 Å². The quantitative estimate of drug-likeness (QED) is 0.560. The molecule has 0 atom stereocenters. The number of aromatic hydroxyl groups is 1. The number of azo groups is 1. The number of carbonyl (C=O) groups excluding carboxylic acids is 1. The first kappa shape index (κ1) is 13.8. The van der Waals surface area contributed by atoms with Crippen molar-refractivity contribution in [2.75, 3.05) is 5.73 Å². The fraction of sp³-hybridized carbons (Fsp3) is 0.0625. The van der Waals surface area contributed by atoms with Gasteiger partial charge in [0.15, 0.2) is 5.69 Å². The molecule has 2 aromatic carbocycles. The number of para-hydroxylation sites is 1. The lowest BCUT2D eigenvalue weighted by atomic mass is 10.2. The van der Waals surface area contributed by atoms with Gasteiger partial charge in [0, 0.05) is 23.7 Å². The maximum atomic E-state index is 12.0. The third-order valence-electron chi connectivity index (χ3n) is 3.45. The number of amides is 1. The van der Waals surface area contributed by atoms with Crippen LogP contribution in [0, 0.1) is 0 Å². The van der Waals surface area contributed by atoms with Gasteiger partial charge >= 0.3 is 0 Å². The van der Waals surface area contributed by atoms with Crippen molar-refractivity contribution in [3.8, 4) is 5.88 Å². The van der Waals surface area contributed by atoms with Crippen LogP contribution in [0.1, 0.15) is 10.4 Å². The highest BCUT2D eigenvalue weighted by molar-refractivity contribution is 5.97. The third-order valence-corrected chi connectivity index (χ3v) is 3.45. The van der Waals surface area contributed by atoms with Crippen LogP contribution in [0.2, 0.25) is 0 Å². The van der Waals surface area contributed by atoms with Gasteiger partial charge in [-0.3, -0.25) is 4.79 Å². The van der Waals surface area contributed by atoms with E-state index in [2.05, 4.69) is 10.2 Å². The molecule has 110 valence electrons. The van der Waals surface area contributed by atoms with Crippen molar-refractivity contribution in [1.82, 2.24) is 4.57 Å². The van der Waals surface area contributed by atoms with Gasteiger partial charge in [-0.15, -0.1) is 10.2 Å². The normalized spacial score (nSPS) is 11.3. The molecule has 3 aromatic rings. The zero-order valence-corrected chi connectivity index (χ0v) is 11.9. The Labute approximate surface area is 126 Å². The molecule has 0 spiro atoms. The van der Waals surface area contributed by atoms with Crippen molar-refractivity contribution in [3.63, 3.8) is 0 Å². The van der Waals surface area contributed by atoms with Crippen LogP contribution in [-0.4, -0.2) is 15.6 Å². The molecule has 3 N–H and O–H groups in total. The van der Waals surface area contributed by atoms with Gasteiger partial charge in [0.25, 0.3) is 5.91 Å². The van der Waals surface area contributed by atoms with Crippen LogP contribution < -0.4 is 5.73 Å². The van der Waals surface area contributed by atoms with Crippen molar-refractivity contribution in [2.24, 2.45) is 17.3 Å². The number of nitrogens with two attached hydrogens (primary N) is 1. The molecule has 3 rings (SSSR count). The molecule has 0 saturated carbocycles. The van der Waals surface area contributed by atoms with Gasteiger partial charge in [-0.1, -0.05) is 18.2 Å². The Bertz CT molecular complexity index is 879. The summed E-state index contributed by atoms with van der Waals surface area (Å²) in [6.45, 7) is 0. The summed E-state index contributed by atoms with van der Waals surface area (Å²) in [5, 5.41) is 18.5. The fourth-order valence-corrected chi connectivity index (χ4v) is 2.24. The van der Waals surface area contributed by atoms with Gasteiger partial charge in [-0.05, 0) is 30.3 Å². The number of benzene rings is 2. The maximum absolute atomic E-state index is 12.0. The monoisotopic (exact) mass is 294 g/mol. The number of nitrogens with zero attached hydrogens (tertiary/aromatic N) is 3. The number of hydrogen-bond acceptors (Lipinski definition) is 4. The predicted octanol–water partition coefficient (Wildman–Crippen LogP) is 3.39. The van der Waals surface area contributed by atoms with E-state index in [9.17, 15) is 9.90 Å². The number of carbonyl (C=O) groups is 1. The minimum Gasteiger partial charge on any atom is -0.493 e. The zero-order valence-electron chi connectivity index (χ0n) is 11.9. The standard InChI is InChI=1S/C16H14N4O2/c1-20-13-5-3-2-4-12(13)14(16(20)22)18-19-15(21)10-6-8-11(17)9-7-10/h2-9,22H,17H2,1H3. The summed E-state index contributed by atoms with van der Waals surface area (Å²) in [7, 11) is 1.72. The molecule has 0 aliphatic heterocycles. The molecule has 6 nitrogen and oxygen atoms in total. The molecule has 22 heavy (non-hydrogen) atoms. The Kier molecular flexibility index (Phi) is 3.34. The molecule has 1 aromatic heterocycles. The molecule has 0 aliphatic rings. The Morgan fingerprint density at radius 3 is 2.55 bits per heavy atom. The number of rotatable bonds is 2. The van der Waals surface area contributed by atoms with Crippen LogP contribution >= 0.6 is 0 Å². The second-order valence-corrected chi connectivity index (χ2v) is 4.88. The Morgan fingerprint density at radius 2 is 1.82 bits per heavy atom. The Morgan fingerprint density at radius 1 is 1.14 bits per heavy atom. The molecule has 1 amide bonds. The highest BCUT2D eigenvalue weighted by Gasteiger charge is 2.14. The summed E-state index contributed by atoms with van der Waals surface area (Å²) >= 11 is 0. The SMILES string of the molecule is Cn1c(O)c(N=NC(=O)c2ccc(N)cc2)c2ccccc21. The molecular formula is C16H14N4O2. The van der Waals surface area contributed by atoms with Crippen LogP contribution in [0.15, 0.2) is 58.8 Å². The van der Waals surface area contributed by atoms with Crippen molar-refractivity contribution < 1.29 is 9.90 Å². The minimum absolute atomic E-state index is 0.0324. The fourth-order valence-electron chi connectivity index (χ4n) is 2.24. The number of aryl methyl sites for hydroxylation is 1. The molecule has 0 aliphatic carbocycles. The summed E-state index contributed by atoms with van der Waals surface area (Å²) in [5.74, 6) is -0.526.